The summed E-state index contributed by atoms with van der Waals surface area (Å²) in [5, 5.41) is 5.64. The maximum absolute atomic E-state index is 11.9. The first kappa shape index (κ1) is 23.5. The second-order valence-electron chi connectivity index (χ2n) is 8.96. The summed E-state index contributed by atoms with van der Waals surface area (Å²) in [5.41, 5.74) is 2.31. The zero-order chi connectivity index (χ0) is 21.9. The number of nitrogens with zero attached hydrogens (tertiary/aromatic N) is 1. The van der Waals surface area contributed by atoms with Crippen LogP contribution in [-0.2, 0) is 14.4 Å². The van der Waals surface area contributed by atoms with E-state index in [2.05, 4.69) is 39.8 Å². The fraction of sp³-hybridized carbons (Fsp3) is 0.640. The van der Waals surface area contributed by atoms with Crippen LogP contribution in [0.2, 0.25) is 0 Å². The quantitative estimate of drug-likeness (QED) is 0.299. The minimum atomic E-state index is -0.330. The second-order valence-corrected chi connectivity index (χ2v) is 8.96. The number of carbonyl (C=O) groups excluding carboxylic acids is 3. The molecule has 2 aliphatic rings. The Morgan fingerprint density at radius 3 is 2.29 bits per heavy atom. The predicted molar refractivity (Wildman–Crippen MR) is 123 cm³/mol. The van der Waals surface area contributed by atoms with Crippen LogP contribution in [0.5, 0.6) is 0 Å². The molecule has 6 nitrogen and oxygen atoms in total. The van der Waals surface area contributed by atoms with Gasteiger partial charge in [0.15, 0.2) is 0 Å². The van der Waals surface area contributed by atoms with Crippen LogP contribution in [0.3, 0.4) is 0 Å². The lowest BCUT2D eigenvalue weighted by Gasteiger charge is -2.32. The summed E-state index contributed by atoms with van der Waals surface area (Å²) >= 11 is 0. The number of aldehydes is 1. The Labute approximate surface area is 186 Å². The highest BCUT2D eigenvalue weighted by atomic mass is 16.2. The highest BCUT2D eigenvalue weighted by molar-refractivity contribution is 6.01. The number of benzene rings is 1. The average Bonchev–Trinajstić information content (AvgIpc) is 2.78. The first-order chi connectivity index (χ1) is 15.2. The van der Waals surface area contributed by atoms with E-state index in [0.717, 1.165) is 18.4 Å². The Bertz CT molecular complexity index is 711. The van der Waals surface area contributed by atoms with Gasteiger partial charge in [0.1, 0.15) is 12.3 Å². The molecule has 0 aromatic heterocycles. The number of nitrogens with one attached hydrogen (secondary N) is 2. The number of hydrogen-bond acceptors (Lipinski definition) is 5. The number of likely N-dealkylation sites (tertiary alicyclic amines) is 1. The topological polar surface area (TPSA) is 78.5 Å². The molecule has 170 valence electrons. The van der Waals surface area contributed by atoms with Crippen molar-refractivity contribution in [2.24, 2.45) is 0 Å². The van der Waals surface area contributed by atoms with Crippen molar-refractivity contribution in [2.75, 3.05) is 25.0 Å². The first-order valence-corrected chi connectivity index (χ1v) is 12.0. The van der Waals surface area contributed by atoms with E-state index in [1.807, 2.05) is 0 Å². The third-order valence-electron chi connectivity index (χ3n) is 6.60. The lowest BCUT2D eigenvalue weighted by atomic mass is 9.89. The summed E-state index contributed by atoms with van der Waals surface area (Å²) in [6, 6.07) is 8.14. The molecular formula is C25H37N3O3. The molecule has 1 aromatic rings. The number of carbonyl (C=O) groups is 3. The van der Waals surface area contributed by atoms with Gasteiger partial charge in [-0.05, 0) is 75.4 Å². The Morgan fingerprint density at radius 1 is 0.935 bits per heavy atom. The third-order valence-corrected chi connectivity index (χ3v) is 6.60. The van der Waals surface area contributed by atoms with E-state index >= 15 is 0 Å². The zero-order valence-corrected chi connectivity index (χ0v) is 18.6. The predicted octanol–water partition coefficient (Wildman–Crippen LogP) is 4.01. The number of anilines is 1. The fourth-order valence-corrected chi connectivity index (χ4v) is 4.64. The van der Waals surface area contributed by atoms with Gasteiger partial charge in [-0.2, -0.15) is 0 Å². The summed E-state index contributed by atoms with van der Waals surface area (Å²) in [6.45, 7) is 3.54. The van der Waals surface area contributed by atoms with Crippen LogP contribution < -0.4 is 10.6 Å². The van der Waals surface area contributed by atoms with E-state index in [0.29, 0.717) is 25.2 Å². The number of hydrogen-bond donors (Lipinski definition) is 2. The van der Waals surface area contributed by atoms with Gasteiger partial charge < -0.3 is 15.0 Å². The number of piperidine rings is 2. The second kappa shape index (κ2) is 12.6. The van der Waals surface area contributed by atoms with Crippen LogP contribution in [0, 0.1) is 0 Å². The van der Waals surface area contributed by atoms with Crippen molar-refractivity contribution in [2.45, 2.75) is 82.6 Å². The molecule has 0 spiro atoms. The molecule has 2 fully saturated rings. The summed E-state index contributed by atoms with van der Waals surface area (Å²) in [4.78, 5) is 36.1. The molecule has 1 unspecified atom stereocenters. The van der Waals surface area contributed by atoms with Crippen molar-refractivity contribution in [1.82, 2.24) is 10.2 Å². The van der Waals surface area contributed by atoms with Crippen molar-refractivity contribution < 1.29 is 14.4 Å². The summed E-state index contributed by atoms with van der Waals surface area (Å²) in [5.74, 6) is 0.195. The van der Waals surface area contributed by atoms with Gasteiger partial charge in [-0.25, -0.2) is 0 Å². The molecule has 2 N–H and O–H groups in total. The third kappa shape index (κ3) is 7.76. The Kier molecular flexibility index (Phi) is 9.53. The van der Waals surface area contributed by atoms with Crippen molar-refractivity contribution in [3.05, 3.63) is 29.8 Å². The smallest absolute Gasteiger partial charge is 0.249 e. The van der Waals surface area contributed by atoms with Gasteiger partial charge in [0, 0.05) is 18.5 Å². The number of amides is 2. The lowest BCUT2D eigenvalue weighted by molar-refractivity contribution is -0.133. The highest BCUT2D eigenvalue weighted by Crippen LogP contribution is 2.29. The highest BCUT2D eigenvalue weighted by Gasteiger charge is 2.26. The van der Waals surface area contributed by atoms with Crippen molar-refractivity contribution >= 4 is 23.8 Å². The van der Waals surface area contributed by atoms with Crippen LogP contribution in [-0.4, -0.2) is 48.7 Å². The molecule has 0 bridgehead atoms. The number of rotatable bonds is 12. The molecule has 6 heteroatoms. The minimum Gasteiger partial charge on any atom is -0.374 e. The molecule has 0 saturated carbocycles. The monoisotopic (exact) mass is 427 g/mol. The Morgan fingerprint density at radius 2 is 1.61 bits per heavy atom. The normalized spacial score (nSPS) is 20.5. The first-order valence-electron chi connectivity index (χ1n) is 12.0. The SMILES string of the molecule is O=CCCCCCCCCN1CCC(c2ccc(NC3CCC(=O)NC3=O)cc2)CC1. The maximum atomic E-state index is 11.9. The van der Waals surface area contributed by atoms with E-state index in [4.69, 9.17) is 0 Å². The Balaban J connectivity index is 1.32. The lowest BCUT2D eigenvalue weighted by Crippen LogP contribution is -2.47. The van der Waals surface area contributed by atoms with E-state index < -0.39 is 0 Å². The largest absolute Gasteiger partial charge is 0.374 e. The molecule has 1 aromatic carbocycles. The summed E-state index contributed by atoms with van der Waals surface area (Å²) in [7, 11) is 0. The van der Waals surface area contributed by atoms with Crippen LogP contribution in [0.4, 0.5) is 5.69 Å². The molecule has 3 rings (SSSR count). The number of unbranched alkanes of at least 4 members (excludes halogenated alkanes) is 6. The van der Waals surface area contributed by atoms with E-state index in [-0.39, 0.29) is 17.9 Å². The van der Waals surface area contributed by atoms with E-state index in [9.17, 15) is 14.4 Å². The van der Waals surface area contributed by atoms with Gasteiger partial charge in [0.25, 0.3) is 0 Å². The number of imide groups is 1. The summed E-state index contributed by atoms with van der Waals surface area (Å²) in [6.07, 6.45) is 12.4. The van der Waals surface area contributed by atoms with Gasteiger partial charge in [-0.1, -0.05) is 37.8 Å². The van der Waals surface area contributed by atoms with E-state index in [1.54, 1.807) is 0 Å². The standard InChI is InChI=1S/C25H37N3O3/c29-19-7-5-3-1-2-4-6-16-28-17-14-21(15-18-28)20-8-10-22(11-9-20)26-23-12-13-24(30)27-25(23)31/h8-11,19,21,23,26H,1-7,12-18H2,(H,27,30,31). The molecule has 31 heavy (non-hydrogen) atoms. The van der Waals surface area contributed by atoms with Gasteiger partial charge in [0.2, 0.25) is 11.8 Å². The molecule has 2 heterocycles. The van der Waals surface area contributed by atoms with Gasteiger partial charge >= 0.3 is 0 Å². The van der Waals surface area contributed by atoms with Crippen LogP contribution in [0.25, 0.3) is 0 Å². The van der Waals surface area contributed by atoms with Gasteiger partial charge in [0.05, 0.1) is 0 Å². The fourth-order valence-electron chi connectivity index (χ4n) is 4.64. The molecular weight excluding hydrogens is 390 g/mol. The maximum Gasteiger partial charge on any atom is 0.249 e. The van der Waals surface area contributed by atoms with Crippen molar-refractivity contribution in [3.8, 4) is 0 Å². The molecule has 0 radical (unpaired) electrons. The Hall–Kier alpha value is -2.21. The molecule has 0 aliphatic carbocycles. The minimum absolute atomic E-state index is 0.184. The van der Waals surface area contributed by atoms with Crippen molar-refractivity contribution in [1.29, 1.82) is 0 Å². The van der Waals surface area contributed by atoms with Gasteiger partial charge in [-0.15, -0.1) is 0 Å². The van der Waals surface area contributed by atoms with Gasteiger partial charge in [-0.3, -0.25) is 14.9 Å². The summed E-state index contributed by atoms with van der Waals surface area (Å²) < 4.78 is 0. The molecule has 2 saturated heterocycles. The van der Waals surface area contributed by atoms with Crippen LogP contribution >= 0.6 is 0 Å². The molecule has 2 amide bonds. The molecule has 2 aliphatic heterocycles. The van der Waals surface area contributed by atoms with E-state index in [1.165, 1.54) is 70.1 Å². The van der Waals surface area contributed by atoms with Crippen LogP contribution in [0.1, 0.15) is 82.1 Å². The zero-order valence-electron chi connectivity index (χ0n) is 18.6. The average molecular weight is 428 g/mol. The van der Waals surface area contributed by atoms with Crippen molar-refractivity contribution in [3.63, 3.8) is 0 Å². The van der Waals surface area contributed by atoms with Crippen LogP contribution in [0.15, 0.2) is 24.3 Å². The molecule has 1 atom stereocenters.